The van der Waals surface area contributed by atoms with E-state index >= 15 is 0 Å². The van der Waals surface area contributed by atoms with Crippen molar-refractivity contribution in [2.24, 2.45) is 5.92 Å². The van der Waals surface area contributed by atoms with Gasteiger partial charge >= 0.3 is 12.2 Å². The zero-order valence-electron chi connectivity index (χ0n) is 34.8. The molecule has 1 unspecified atom stereocenters. The average Bonchev–Trinajstić information content (AvgIpc) is 4.10. The molecular weight excluding hydrogens is 769 g/mol. The number of nitrogens with zero attached hydrogens (tertiary/aromatic N) is 3. The standard InChI is InChI=1S/C44H56N8O8/c1-27(2)37(51-43(56)58-4)41(54)52-26-44(19-8-21-60-44)23-36(52)39-46-25-35(48-39)31-16-12-29(13-17-31)28-10-14-30(15-11-28)34-24-45-38(47-34)32-18-22-59-20-7-5-6-9-33(40(53)49-32)50-42(55)57-3/h10-17,24-25,27,32-33,36-37H,5-9,18-23,26H2,1-4H3,(H,45,47)(H,46,48)(H,49,53)(H,50,55)(H,51,56)/t32-,33-,36-,37-,44?/m0/s1. The second kappa shape index (κ2) is 19.1. The van der Waals surface area contributed by atoms with Gasteiger partial charge in [-0.2, -0.15) is 0 Å². The summed E-state index contributed by atoms with van der Waals surface area (Å²) in [5, 5.41) is 8.46. The molecule has 3 fully saturated rings. The Bertz CT molecular complexity index is 2090. The maximum absolute atomic E-state index is 14.0. The van der Waals surface area contributed by atoms with E-state index in [4.69, 9.17) is 23.9 Å². The number of aromatic nitrogens is 4. The summed E-state index contributed by atoms with van der Waals surface area (Å²) >= 11 is 0. The lowest BCUT2D eigenvalue weighted by molar-refractivity contribution is -0.136. The number of ether oxygens (including phenoxy) is 4. The largest absolute Gasteiger partial charge is 0.453 e. The summed E-state index contributed by atoms with van der Waals surface area (Å²) in [5.41, 5.74) is 5.15. The summed E-state index contributed by atoms with van der Waals surface area (Å²) in [6, 6.07) is 14.1. The zero-order valence-corrected chi connectivity index (χ0v) is 34.8. The number of aromatic amines is 2. The normalized spacial score (nSPS) is 23.1. The van der Waals surface area contributed by atoms with Gasteiger partial charge in [0.2, 0.25) is 11.8 Å². The number of alkyl carbamates (subject to hydrolysis) is 2. The van der Waals surface area contributed by atoms with E-state index < -0.39 is 35.9 Å². The summed E-state index contributed by atoms with van der Waals surface area (Å²) < 4.78 is 21.7. The molecule has 320 valence electrons. The van der Waals surface area contributed by atoms with E-state index in [2.05, 4.69) is 55.2 Å². The molecule has 3 aliphatic rings. The first-order valence-electron chi connectivity index (χ1n) is 20.9. The lowest BCUT2D eigenvalue weighted by atomic mass is 9.96. The van der Waals surface area contributed by atoms with Gasteiger partial charge in [0, 0.05) is 26.2 Å². The van der Waals surface area contributed by atoms with E-state index in [-0.39, 0.29) is 23.8 Å². The summed E-state index contributed by atoms with van der Waals surface area (Å²) in [4.78, 5) is 69.6. The molecule has 1 spiro atoms. The second-order valence-corrected chi connectivity index (χ2v) is 16.2. The van der Waals surface area contributed by atoms with Gasteiger partial charge < -0.3 is 49.8 Å². The lowest BCUT2D eigenvalue weighted by Gasteiger charge is -2.30. The number of likely N-dealkylation sites (tertiary alicyclic amines) is 1. The van der Waals surface area contributed by atoms with Gasteiger partial charge in [0.25, 0.3) is 0 Å². The van der Waals surface area contributed by atoms with Gasteiger partial charge in [-0.1, -0.05) is 75.2 Å². The molecule has 0 aliphatic carbocycles. The first kappa shape index (κ1) is 42.4. The van der Waals surface area contributed by atoms with Crippen LogP contribution in [0, 0.1) is 5.92 Å². The number of hydrogen-bond donors (Lipinski definition) is 5. The number of hydrogen-bond acceptors (Lipinski definition) is 10. The Kier molecular flexibility index (Phi) is 13.5. The number of methoxy groups -OCH3 is 2. The minimum absolute atomic E-state index is 0.154. The molecule has 4 amide bonds. The molecule has 3 aliphatic heterocycles. The molecule has 3 saturated heterocycles. The predicted octanol–water partition coefficient (Wildman–Crippen LogP) is 6.20. The van der Waals surface area contributed by atoms with Crippen molar-refractivity contribution < 1.29 is 38.1 Å². The van der Waals surface area contributed by atoms with Crippen LogP contribution < -0.4 is 16.0 Å². The van der Waals surface area contributed by atoms with Crippen LogP contribution in [0.5, 0.6) is 0 Å². The number of rotatable bonds is 9. The van der Waals surface area contributed by atoms with E-state index in [0.29, 0.717) is 57.3 Å². The quantitative estimate of drug-likeness (QED) is 0.129. The Hall–Kier alpha value is -5.74. The Morgan fingerprint density at radius 3 is 2.05 bits per heavy atom. The van der Waals surface area contributed by atoms with Crippen LogP contribution in [0.1, 0.15) is 88.9 Å². The van der Waals surface area contributed by atoms with Crippen molar-refractivity contribution in [3.63, 3.8) is 0 Å². The highest BCUT2D eigenvalue weighted by Gasteiger charge is 2.51. The maximum atomic E-state index is 14.0. The molecule has 5 heterocycles. The first-order valence-corrected chi connectivity index (χ1v) is 20.9. The summed E-state index contributed by atoms with van der Waals surface area (Å²) in [7, 11) is 2.57. The minimum Gasteiger partial charge on any atom is -0.453 e. The fourth-order valence-electron chi connectivity index (χ4n) is 8.39. The molecule has 4 aromatic rings. The van der Waals surface area contributed by atoms with Crippen LogP contribution in [0.25, 0.3) is 33.6 Å². The van der Waals surface area contributed by atoms with E-state index in [1.165, 1.54) is 14.2 Å². The molecule has 0 saturated carbocycles. The smallest absolute Gasteiger partial charge is 0.407 e. The first-order chi connectivity index (χ1) is 29.1. The Morgan fingerprint density at radius 1 is 0.800 bits per heavy atom. The highest BCUT2D eigenvalue weighted by molar-refractivity contribution is 5.87. The van der Waals surface area contributed by atoms with Gasteiger partial charge in [0.15, 0.2) is 0 Å². The van der Waals surface area contributed by atoms with Gasteiger partial charge in [-0.3, -0.25) is 9.59 Å². The number of carbonyl (C=O) groups is 4. The van der Waals surface area contributed by atoms with Crippen LogP contribution in [0.2, 0.25) is 0 Å². The molecule has 16 heteroatoms. The van der Waals surface area contributed by atoms with E-state index in [1.54, 1.807) is 12.4 Å². The molecular formula is C44H56N8O8. The SMILES string of the molecule is COC(=O)N[C@H]1CCCCCOCC[C@@H](c2ncc(-c3ccc(-c4ccc(-c5cnc([C@@H]6CC7(CCCO7)CN6C(=O)[C@@H](NC(=O)OC)C(C)C)[nH]5)cc4)cc3)[nH]2)NC1=O. The zero-order chi connectivity index (χ0) is 42.2. The van der Waals surface area contributed by atoms with Crippen LogP contribution in [0.3, 0.4) is 0 Å². The van der Waals surface area contributed by atoms with E-state index in [1.807, 2.05) is 43.0 Å². The summed E-state index contributed by atoms with van der Waals surface area (Å²) in [6.07, 6.45) is 8.24. The predicted molar refractivity (Wildman–Crippen MR) is 222 cm³/mol. The molecule has 0 radical (unpaired) electrons. The van der Waals surface area contributed by atoms with Gasteiger partial charge in [0.05, 0.1) is 62.2 Å². The van der Waals surface area contributed by atoms with Gasteiger partial charge in [-0.15, -0.1) is 0 Å². The average molecular weight is 825 g/mol. The van der Waals surface area contributed by atoms with Crippen LogP contribution in [0.15, 0.2) is 60.9 Å². The van der Waals surface area contributed by atoms with Gasteiger partial charge in [0.1, 0.15) is 23.7 Å². The molecule has 7 rings (SSSR count). The Morgan fingerprint density at radius 2 is 1.43 bits per heavy atom. The Labute approximate surface area is 349 Å². The van der Waals surface area contributed by atoms with E-state index in [9.17, 15) is 19.2 Å². The highest BCUT2D eigenvalue weighted by atomic mass is 16.5. The number of amides is 4. The van der Waals surface area contributed by atoms with Crippen molar-refractivity contribution in [3.05, 3.63) is 72.6 Å². The third-order valence-electron chi connectivity index (χ3n) is 11.8. The number of benzene rings is 2. The molecule has 0 bridgehead atoms. The highest BCUT2D eigenvalue weighted by Crippen LogP contribution is 2.45. The van der Waals surface area contributed by atoms with E-state index in [0.717, 1.165) is 65.7 Å². The molecule has 5 N–H and O–H groups in total. The van der Waals surface area contributed by atoms with Crippen LogP contribution in [-0.2, 0) is 28.5 Å². The van der Waals surface area contributed by atoms with Crippen LogP contribution >= 0.6 is 0 Å². The van der Waals surface area contributed by atoms with Crippen LogP contribution in [0.4, 0.5) is 9.59 Å². The summed E-state index contributed by atoms with van der Waals surface area (Å²) in [6.45, 7) is 5.98. The molecule has 2 aromatic carbocycles. The van der Waals surface area contributed by atoms with Crippen molar-refractivity contribution in [1.82, 2.24) is 40.8 Å². The van der Waals surface area contributed by atoms with Crippen molar-refractivity contribution >= 4 is 24.0 Å². The Balaban J connectivity index is 1.03. The fourth-order valence-corrected chi connectivity index (χ4v) is 8.39. The molecule has 16 nitrogen and oxygen atoms in total. The van der Waals surface area contributed by atoms with Crippen molar-refractivity contribution in [2.75, 3.05) is 40.6 Å². The van der Waals surface area contributed by atoms with Gasteiger partial charge in [-0.25, -0.2) is 19.6 Å². The number of H-pyrrole nitrogens is 2. The molecule has 2 aromatic heterocycles. The van der Waals surface area contributed by atoms with Crippen molar-refractivity contribution in [2.45, 2.75) is 95.0 Å². The number of carbonyl (C=O) groups excluding carboxylic acids is 4. The topological polar surface area (TPSA) is 202 Å². The number of nitrogens with one attached hydrogen (secondary N) is 5. The monoisotopic (exact) mass is 824 g/mol. The molecule has 5 atom stereocenters. The van der Waals surface area contributed by atoms with Crippen molar-refractivity contribution in [1.29, 1.82) is 0 Å². The second-order valence-electron chi connectivity index (χ2n) is 16.2. The van der Waals surface area contributed by atoms with Crippen molar-refractivity contribution in [3.8, 4) is 33.6 Å². The summed E-state index contributed by atoms with van der Waals surface area (Å²) in [5.74, 6) is 0.645. The fraction of sp³-hybridized carbons (Fsp3) is 0.500. The minimum atomic E-state index is -0.753. The third-order valence-corrected chi connectivity index (χ3v) is 11.8. The lowest BCUT2D eigenvalue weighted by Crippen LogP contribution is -2.51. The number of imidazole rings is 2. The maximum Gasteiger partial charge on any atom is 0.407 e. The van der Waals surface area contributed by atoms with Gasteiger partial charge in [-0.05, 0) is 60.3 Å². The molecule has 60 heavy (non-hydrogen) atoms. The van der Waals surface area contributed by atoms with Crippen LogP contribution in [-0.4, -0.2) is 107 Å². The third kappa shape index (κ3) is 9.82.